The molecule has 1 aliphatic heterocycles. The minimum absolute atomic E-state index is 0.319. The highest BCUT2D eigenvalue weighted by Gasteiger charge is 2.23. The minimum Gasteiger partial charge on any atom is -0.490 e. The quantitative estimate of drug-likeness (QED) is 0.442. The molecule has 2 rings (SSSR count). The van der Waals surface area contributed by atoms with E-state index in [1.165, 1.54) is 0 Å². The molecule has 0 spiro atoms. The third kappa shape index (κ3) is 1.86. The predicted molar refractivity (Wildman–Crippen MR) is 39.9 cm³/mol. The van der Waals surface area contributed by atoms with E-state index < -0.39 is 0 Å². The zero-order chi connectivity index (χ0) is 7.52. The maximum absolute atomic E-state index is 5.35. The third-order valence-electron chi connectivity index (χ3n) is 1.47. The summed E-state index contributed by atoms with van der Waals surface area (Å²) < 4.78 is 10.3. The molecule has 1 unspecified atom stereocenters. The Labute approximate surface area is 65.1 Å². The summed E-state index contributed by atoms with van der Waals surface area (Å²) in [5, 5.41) is 0. The molecule has 1 aliphatic carbocycles. The van der Waals surface area contributed by atoms with Crippen LogP contribution in [0.25, 0.3) is 0 Å². The van der Waals surface area contributed by atoms with Gasteiger partial charge in [0.25, 0.3) is 0 Å². The lowest BCUT2D eigenvalue weighted by Gasteiger charge is -2.02. The van der Waals surface area contributed by atoms with Gasteiger partial charge in [0.15, 0.2) is 0 Å². The van der Waals surface area contributed by atoms with Crippen molar-refractivity contribution in [3.8, 4) is 0 Å². The highest BCUT2D eigenvalue weighted by Crippen LogP contribution is 2.12. The first-order valence-corrected chi connectivity index (χ1v) is 3.57. The Balaban J connectivity index is 1.82. The zero-order valence-corrected chi connectivity index (χ0v) is 6.04. The van der Waals surface area contributed by atoms with Gasteiger partial charge in [-0.05, 0) is 12.2 Å². The average molecular weight is 148 g/mol. The standard InChI is InChI=1S/C9H8O2/c1-2-4-8(5-3-1)10-6-9-7-11-9/h2,4-5,9H,6-7H2. The lowest BCUT2D eigenvalue weighted by molar-refractivity contribution is 0.193. The Morgan fingerprint density at radius 2 is 2.55 bits per heavy atom. The summed E-state index contributed by atoms with van der Waals surface area (Å²) >= 11 is 0. The highest BCUT2D eigenvalue weighted by atomic mass is 16.6. The maximum Gasteiger partial charge on any atom is 0.128 e. The third-order valence-corrected chi connectivity index (χ3v) is 1.47. The smallest absolute Gasteiger partial charge is 0.128 e. The lowest BCUT2D eigenvalue weighted by atomic mass is 10.3. The molecule has 0 aromatic heterocycles. The molecule has 2 heteroatoms. The Hall–Kier alpha value is -1.20. The van der Waals surface area contributed by atoms with Crippen LogP contribution in [0.5, 0.6) is 0 Å². The van der Waals surface area contributed by atoms with Crippen LogP contribution in [-0.2, 0) is 9.47 Å². The second-order valence-electron chi connectivity index (χ2n) is 2.44. The van der Waals surface area contributed by atoms with E-state index in [4.69, 9.17) is 9.47 Å². The number of rotatable bonds is 3. The molecule has 56 valence electrons. The van der Waals surface area contributed by atoms with Crippen LogP contribution in [-0.4, -0.2) is 19.3 Å². The predicted octanol–water partition coefficient (Wildman–Crippen LogP) is 1.17. The molecule has 1 fully saturated rings. The Bertz CT molecular complexity index is 272. The van der Waals surface area contributed by atoms with Crippen molar-refractivity contribution in [3.63, 3.8) is 0 Å². The van der Waals surface area contributed by atoms with Gasteiger partial charge in [0.1, 0.15) is 18.5 Å². The van der Waals surface area contributed by atoms with Crippen LogP contribution in [0.2, 0.25) is 0 Å². The second kappa shape index (κ2) is 2.81. The van der Waals surface area contributed by atoms with Crippen molar-refractivity contribution in [3.05, 3.63) is 35.4 Å². The van der Waals surface area contributed by atoms with E-state index in [9.17, 15) is 0 Å². The van der Waals surface area contributed by atoms with Crippen molar-refractivity contribution in [1.29, 1.82) is 0 Å². The summed E-state index contributed by atoms with van der Waals surface area (Å²) in [7, 11) is 0. The van der Waals surface area contributed by atoms with E-state index in [0.29, 0.717) is 12.7 Å². The molecule has 1 saturated heterocycles. The molecule has 2 aliphatic rings. The van der Waals surface area contributed by atoms with Crippen molar-refractivity contribution in [1.82, 2.24) is 0 Å². The molecule has 0 saturated carbocycles. The van der Waals surface area contributed by atoms with Crippen LogP contribution in [0.1, 0.15) is 0 Å². The van der Waals surface area contributed by atoms with E-state index in [0.717, 1.165) is 12.4 Å². The summed E-state index contributed by atoms with van der Waals surface area (Å²) in [4.78, 5) is 0. The fourth-order valence-corrected chi connectivity index (χ4v) is 0.776. The van der Waals surface area contributed by atoms with Crippen LogP contribution < -0.4 is 0 Å². The van der Waals surface area contributed by atoms with Crippen molar-refractivity contribution >= 4 is 0 Å². The SMILES string of the molecule is C1=C=CC(OCC2CO2)=CC=1. The lowest BCUT2D eigenvalue weighted by Crippen LogP contribution is -1.99. The molecule has 0 amide bonds. The second-order valence-corrected chi connectivity index (χ2v) is 2.44. The minimum atomic E-state index is 0.319. The Morgan fingerprint density at radius 3 is 3.18 bits per heavy atom. The van der Waals surface area contributed by atoms with E-state index in [2.05, 4.69) is 11.5 Å². The molecule has 0 aromatic carbocycles. The van der Waals surface area contributed by atoms with E-state index >= 15 is 0 Å². The summed E-state index contributed by atoms with van der Waals surface area (Å²) in [5.41, 5.74) is 5.61. The number of ether oxygens (including phenoxy) is 2. The summed E-state index contributed by atoms with van der Waals surface area (Å²) in [6.45, 7) is 1.49. The van der Waals surface area contributed by atoms with Gasteiger partial charge < -0.3 is 9.47 Å². The van der Waals surface area contributed by atoms with Crippen LogP contribution in [0.4, 0.5) is 0 Å². The number of epoxide rings is 1. The van der Waals surface area contributed by atoms with Gasteiger partial charge in [-0.3, -0.25) is 0 Å². The molecule has 1 heterocycles. The van der Waals surface area contributed by atoms with E-state index in [1.807, 2.05) is 6.08 Å². The maximum atomic E-state index is 5.35. The monoisotopic (exact) mass is 148 g/mol. The zero-order valence-electron chi connectivity index (χ0n) is 6.04. The molecular weight excluding hydrogens is 140 g/mol. The fourth-order valence-electron chi connectivity index (χ4n) is 0.776. The first-order chi connectivity index (χ1) is 5.45. The van der Waals surface area contributed by atoms with Crippen molar-refractivity contribution in [2.24, 2.45) is 0 Å². The molecule has 11 heavy (non-hydrogen) atoms. The number of hydrogen-bond acceptors (Lipinski definition) is 2. The van der Waals surface area contributed by atoms with Crippen molar-refractivity contribution in [2.75, 3.05) is 13.2 Å². The van der Waals surface area contributed by atoms with Gasteiger partial charge in [0.2, 0.25) is 0 Å². The molecule has 0 aromatic rings. The van der Waals surface area contributed by atoms with Gasteiger partial charge in [-0.1, -0.05) is 11.5 Å². The molecule has 1 atom stereocenters. The molecule has 0 radical (unpaired) electrons. The van der Waals surface area contributed by atoms with Crippen LogP contribution >= 0.6 is 0 Å². The average Bonchev–Trinajstić information content (AvgIpc) is 2.86. The van der Waals surface area contributed by atoms with Gasteiger partial charge in [0.05, 0.1) is 6.61 Å². The number of hydrogen-bond donors (Lipinski definition) is 0. The summed E-state index contributed by atoms with van der Waals surface area (Å²) in [6.07, 6.45) is 5.73. The summed E-state index contributed by atoms with van der Waals surface area (Å²) in [5.74, 6) is 0.833. The van der Waals surface area contributed by atoms with Gasteiger partial charge in [-0.15, -0.1) is 0 Å². The van der Waals surface area contributed by atoms with Crippen LogP contribution in [0, 0.1) is 0 Å². The summed E-state index contributed by atoms with van der Waals surface area (Å²) in [6, 6.07) is 0. The Morgan fingerprint density at radius 1 is 1.64 bits per heavy atom. The molecule has 0 bridgehead atoms. The first kappa shape index (κ1) is 6.51. The normalized spacial score (nSPS) is 25.1. The van der Waals surface area contributed by atoms with Gasteiger partial charge in [0, 0.05) is 6.08 Å². The molecular formula is C9H8O2. The Kier molecular flexibility index (Phi) is 1.66. The van der Waals surface area contributed by atoms with Crippen molar-refractivity contribution < 1.29 is 9.47 Å². The van der Waals surface area contributed by atoms with Crippen LogP contribution in [0.15, 0.2) is 35.4 Å². The molecule has 0 N–H and O–H groups in total. The first-order valence-electron chi connectivity index (χ1n) is 3.57. The topological polar surface area (TPSA) is 21.8 Å². The fraction of sp³-hybridized carbons (Fsp3) is 0.333. The van der Waals surface area contributed by atoms with Gasteiger partial charge >= 0.3 is 0 Å². The highest BCUT2D eigenvalue weighted by molar-refractivity contribution is 5.21. The van der Waals surface area contributed by atoms with E-state index in [-0.39, 0.29) is 0 Å². The number of allylic oxidation sites excluding steroid dienone is 3. The van der Waals surface area contributed by atoms with E-state index in [1.54, 1.807) is 12.2 Å². The van der Waals surface area contributed by atoms with Gasteiger partial charge in [-0.2, -0.15) is 0 Å². The largest absolute Gasteiger partial charge is 0.490 e. The molecule has 2 nitrogen and oxygen atoms in total. The van der Waals surface area contributed by atoms with Crippen molar-refractivity contribution in [2.45, 2.75) is 6.10 Å². The van der Waals surface area contributed by atoms with Gasteiger partial charge in [-0.25, -0.2) is 0 Å². The van der Waals surface area contributed by atoms with Crippen LogP contribution in [0.3, 0.4) is 0 Å².